The van der Waals surface area contributed by atoms with E-state index in [1.165, 1.54) is 7.11 Å². The number of nitrogens with one attached hydrogen (secondary N) is 1. The molecule has 1 aliphatic rings. The van der Waals surface area contributed by atoms with Crippen molar-refractivity contribution in [3.05, 3.63) is 12.7 Å². The van der Waals surface area contributed by atoms with Crippen molar-refractivity contribution in [1.29, 1.82) is 0 Å². The third kappa shape index (κ3) is 1.79. The smallest absolute Gasteiger partial charge is 0.314 e. The van der Waals surface area contributed by atoms with Crippen LogP contribution in [0.3, 0.4) is 0 Å². The summed E-state index contributed by atoms with van der Waals surface area (Å²) in [5, 5.41) is 3.05. The standard InChI is InChI=1S/C8H13NO2.ClH/c1-3-4-8(5-9-6-8)7(10)11-2;/h3,9H,1,4-6H2,2H3;1H. The highest BCUT2D eigenvalue weighted by Crippen LogP contribution is 2.28. The fourth-order valence-corrected chi connectivity index (χ4v) is 1.29. The summed E-state index contributed by atoms with van der Waals surface area (Å²) in [6.45, 7) is 5.04. The number of carbonyl (C=O) groups is 1. The molecule has 0 aromatic rings. The first-order valence-corrected chi connectivity index (χ1v) is 3.65. The fraction of sp³-hybridized carbons (Fsp3) is 0.625. The average Bonchev–Trinajstić information content (AvgIpc) is 1.95. The summed E-state index contributed by atoms with van der Waals surface area (Å²) in [4.78, 5) is 11.2. The lowest BCUT2D eigenvalue weighted by molar-refractivity contribution is -0.155. The van der Waals surface area contributed by atoms with Crippen LogP contribution < -0.4 is 5.32 Å². The Balaban J connectivity index is 0.00000121. The second-order valence-electron chi connectivity index (χ2n) is 2.87. The Morgan fingerprint density at radius 3 is 2.58 bits per heavy atom. The third-order valence-electron chi connectivity index (χ3n) is 2.08. The van der Waals surface area contributed by atoms with Gasteiger partial charge in [-0.25, -0.2) is 0 Å². The SMILES string of the molecule is C=CCC1(C(=O)OC)CNC1.Cl. The summed E-state index contributed by atoms with van der Waals surface area (Å²) in [7, 11) is 1.42. The number of rotatable bonds is 3. The summed E-state index contributed by atoms with van der Waals surface area (Å²) in [5.74, 6) is -0.129. The minimum Gasteiger partial charge on any atom is -0.469 e. The summed E-state index contributed by atoms with van der Waals surface area (Å²) >= 11 is 0. The molecule has 70 valence electrons. The van der Waals surface area contributed by atoms with Gasteiger partial charge >= 0.3 is 5.97 Å². The molecule has 0 spiro atoms. The zero-order valence-corrected chi connectivity index (χ0v) is 7.95. The molecule has 0 saturated carbocycles. The molecule has 0 aromatic heterocycles. The fourth-order valence-electron chi connectivity index (χ4n) is 1.29. The Labute approximate surface area is 78.6 Å². The van der Waals surface area contributed by atoms with Crippen LogP contribution in [0.5, 0.6) is 0 Å². The van der Waals surface area contributed by atoms with Gasteiger partial charge in [-0.1, -0.05) is 6.08 Å². The molecule has 0 amide bonds. The molecule has 1 saturated heterocycles. The Hall–Kier alpha value is -0.540. The topological polar surface area (TPSA) is 38.3 Å². The van der Waals surface area contributed by atoms with Crippen LogP contribution in [0.1, 0.15) is 6.42 Å². The van der Waals surface area contributed by atoms with E-state index >= 15 is 0 Å². The van der Waals surface area contributed by atoms with Gasteiger partial charge in [0.25, 0.3) is 0 Å². The quantitative estimate of drug-likeness (QED) is 0.529. The van der Waals surface area contributed by atoms with E-state index < -0.39 is 0 Å². The first-order valence-electron chi connectivity index (χ1n) is 3.65. The van der Waals surface area contributed by atoms with Crippen LogP contribution in [0.15, 0.2) is 12.7 Å². The van der Waals surface area contributed by atoms with Crippen molar-refractivity contribution in [1.82, 2.24) is 5.32 Å². The van der Waals surface area contributed by atoms with E-state index in [9.17, 15) is 4.79 Å². The number of hydrogen-bond acceptors (Lipinski definition) is 3. The largest absolute Gasteiger partial charge is 0.469 e. The van der Waals surface area contributed by atoms with Crippen LogP contribution >= 0.6 is 12.4 Å². The van der Waals surface area contributed by atoms with Gasteiger partial charge in [-0.3, -0.25) is 4.79 Å². The van der Waals surface area contributed by atoms with Gasteiger partial charge in [-0.05, 0) is 6.42 Å². The van der Waals surface area contributed by atoms with Crippen LogP contribution in [0.4, 0.5) is 0 Å². The third-order valence-corrected chi connectivity index (χ3v) is 2.08. The van der Waals surface area contributed by atoms with E-state index in [4.69, 9.17) is 0 Å². The van der Waals surface area contributed by atoms with E-state index in [0.29, 0.717) is 19.5 Å². The lowest BCUT2D eigenvalue weighted by atomic mass is 9.79. The number of methoxy groups -OCH3 is 1. The molecule has 1 heterocycles. The monoisotopic (exact) mass is 191 g/mol. The van der Waals surface area contributed by atoms with Crippen molar-refractivity contribution >= 4 is 18.4 Å². The summed E-state index contributed by atoms with van der Waals surface area (Å²) < 4.78 is 4.68. The molecule has 1 N–H and O–H groups in total. The van der Waals surface area contributed by atoms with Crippen molar-refractivity contribution in [2.75, 3.05) is 20.2 Å². The first kappa shape index (κ1) is 11.5. The molecule has 0 unspecified atom stereocenters. The number of ether oxygens (including phenoxy) is 1. The van der Waals surface area contributed by atoms with Gasteiger partial charge in [0.1, 0.15) is 0 Å². The lowest BCUT2D eigenvalue weighted by Crippen LogP contribution is -2.58. The molecular formula is C8H14ClNO2. The maximum atomic E-state index is 11.2. The number of halogens is 1. The van der Waals surface area contributed by atoms with E-state index in [2.05, 4.69) is 16.6 Å². The van der Waals surface area contributed by atoms with Gasteiger partial charge in [-0.15, -0.1) is 19.0 Å². The molecule has 0 radical (unpaired) electrons. The van der Waals surface area contributed by atoms with Gasteiger partial charge in [-0.2, -0.15) is 0 Å². The molecule has 0 bridgehead atoms. The van der Waals surface area contributed by atoms with Crippen molar-refractivity contribution in [2.24, 2.45) is 5.41 Å². The number of carbonyl (C=O) groups excluding carboxylic acids is 1. The minimum atomic E-state index is -0.309. The number of esters is 1. The highest BCUT2D eigenvalue weighted by Gasteiger charge is 2.44. The molecular weight excluding hydrogens is 178 g/mol. The lowest BCUT2D eigenvalue weighted by Gasteiger charge is -2.38. The highest BCUT2D eigenvalue weighted by atomic mass is 35.5. The molecule has 12 heavy (non-hydrogen) atoms. The van der Waals surface area contributed by atoms with Crippen LogP contribution in [0.25, 0.3) is 0 Å². The normalized spacial score (nSPS) is 18.4. The van der Waals surface area contributed by atoms with Gasteiger partial charge in [0.2, 0.25) is 0 Å². The van der Waals surface area contributed by atoms with Gasteiger partial charge in [0, 0.05) is 13.1 Å². The molecule has 0 aliphatic carbocycles. The number of allylic oxidation sites excluding steroid dienone is 1. The maximum absolute atomic E-state index is 11.2. The van der Waals surface area contributed by atoms with Crippen LogP contribution in [0.2, 0.25) is 0 Å². The average molecular weight is 192 g/mol. The molecule has 3 nitrogen and oxygen atoms in total. The second-order valence-corrected chi connectivity index (χ2v) is 2.87. The van der Waals surface area contributed by atoms with E-state index in [1.807, 2.05) is 0 Å². The van der Waals surface area contributed by atoms with Gasteiger partial charge in [0.15, 0.2) is 0 Å². The minimum absolute atomic E-state index is 0. The summed E-state index contributed by atoms with van der Waals surface area (Å²) in [6.07, 6.45) is 2.46. The predicted molar refractivity (Wildman–Crippen MR) is 49.4 cm³/mol. The molecule has 1 fully saturated rings. The Bertz CT molecular complexity index is 178. The zero-order valence-electron chi connectivity index (χ0n) is 7.13. The summed E-state index contributed by atoms with van der Waals surface area (Å²) in [5.41, 5.74) is -0.309. The predicted octanol–water partition coefficient (Wildman–Crippen LogP) is 0.747. The van der Waals surface area contributed by atoms with Crippen LogP contribution in [-0.2, 0) is 9.53 Å². The molecule has 4 heteroatoms. The summed E-state index contributed by atoms with van der Waals surface area (Å²) in [6, 6.07) is 0. The molecule has 1 aliphatic heterocycles. The Morgan fingerprint density at radius 1 is 1.75 bits per heavy atom. The van der Waals surface area contributed by atoms with Gasteiger partial charge < -0.3 is 10.1 Å². The first-order chi connectivity index (χ1) is 5.25. The van der Waals surface area contributed by atoms with Crippen LogP contribution in [0, 0.1) is 5.41 Å². The van der Waals surface area contributed by atoms with Crippen LogP contribution in [-0.4, -0.2) is 26.2 Å². The van der Waals surface area contributed by atoms with E-state index in [-0.39, 0.29) is 23.8 Å². The van der Waals surface area contributed by atoms with E-state index in [1.54, 1.807) is 6.08 Å². The molecule has 0 atom stereocenters. The van der Waals surface area contributed by atoms with Crippen molar-refractivity contribution in [3.63, 3.8) is 0 Å². The van der Waals surface area contributed by atoms with Gasteiger partial charge in [0.05, 0.1) is 12.5 Å². The Morgan fingerprint density at radius 2 is 2.33 bits per heavy atom. The second kappa shape index (κ2) is 4.48. The molecule has 0 aromatic carbocycles. The Kier molecular flexibility index (Phi) is 4.28. The number of hydrogen-bond donors (Lipinski definition) is 1. The zero-order chi connectivity index (χ0) is 8.32. The highest BCUT2D eigenvalue weighted by molar-refractivity contribution is 5.85. The maximum Gasteiger partial charge on any atom is 0.314 e. The van der Waals surface area contributed by atoms with Crippen molar-refractivity contribution < 1.29 is 9.53 Å². The van der Waals surface area contributed by atoms with Crippen molar-refractivity contribution in [3.8, 4) is 0 Å². The van der Waals surface area contributed by atoms with E-state index in [0.717, 1.165) is 0 Å². The van der Waals surface area contributed by atoms with Crippen molar-refractivity contribution in [2.45, 2.75) is 6.42 Å². The molecule has 1 rings (SSSR count).